The van der Waals surface area contributed by atoms with Crippen LogP contribution in [-0.2, 0) is 24.2 Å². The Hall–Kier alpha value is -1.41. The molecular formula is C16H21F3N2O2S. The van der Waals surface area contributed by atoms with Crippen molar-refractivity contribution >= 4 is 18.0 Å². The fourth-order valence-electron chi connectivity index (χ4n) is 2.41. The van der Waals surface area contributed by atoms with E-state index in [9.17, 15) is 18.0 Å². The lowest BCUT2D eigenvalue weighted by Gasteiger charge is -2.28. The molecule has 24 heavy (non-hydrogen) atoms. The lowest BCUT2D eigenvalue weighted by Crippen LogP contribution is -2.32. The summed E-state index contributed by atoms with van der Waals surface area (Å²) in [7, 11) is 0. The lowest BCUT2D eigenvalue weighted by atomic mass is 9.98. The van der Waals surface area contributed by atoms with E-state index in [0.717, 1.165) is 16.7 Å². The number of carbonyl (C=O) groups is 1. The van der Waals surface area contributed by atoms with Gasteiger partial charge in [0.1, 0.15) is 5.60 Å². The van der Waals surface area contributed by atoms with Crippen LogP contribution in [0.5, 0.6) is 0 Å². The zero-order valence-electron chi connectivity index (χ0n) is 13.9. The molecule has 1 aromatic carbocycles. The molecular weight excluding hydrogens is 341 g/mol. The van der Waals surface area contributed by atoms with Gasteiger partial charge in [0.2, 0.25) is 0 Å². The number of amides is 1. The van der Waals surface area contributed by atoms with E-state index in [-0.39, 0.29) is 25.0 Å². The topological polar surface area (TPSA) is 41.6 Å². The summed E-state index contributed by atoms with van der Waals surface area (Å²) >= 11 is -0.0847. The molecule has 0 radical (unpaired) electrons. The van der Waals surface area contributed by atoms with Crippen LogP contribution in [0.2, 0.25) is 0 Å². The Morgan fingerprint density at radius 1 is 1.29 bits per heavy atom. The summed E-state index contributed by atoms with van der Waals surface area (Å²) in [5.41, 5.74) is -2.10. The van der Waals surface area contributed by atoms with E-state index < -0.39 is 17.2 Å². The average molecular weight is 362 g/mol. The molecule has 2 rings (SSSR count). The number of ether oxygens (including phenoxy) is 1. The number of nitrogens with zero attached hydrogens (tertiary/aromatic N) is 1. The maximum absolute atomic E-state index is 12.5. The summed E-state index contributed by atoms with van der Waals surface area (Å²) in [4.78, 5) is 11.7. The fourth-order valence-corrected chi connectivity index (χ4v) is 3.09. The van der Waals surface area contributed by atoms with E-state index in [1.54, 1.807) is 20.8 Å². The summed E-state index contributed by atoms with van der Waals surface area (Å²) in [6.45, 7) is 6.20. The fraction of sp³-hybridized carbons (Fsp3) is 0.562. The standard InChI is InChI=1S/C16H21F3N2O2S/c1-15(2,3)23-14(22)20-9-11-4-5-12-6-7-21(10-13(12)8-11)24-16(17,18)19/h4-5,8H,6-7,9-10H2,1-3H3,(H,20,22). The molecule has 1 aliphatic rings. The highest BCUT2D eigenvalue weighted by Crippen LogP contribution is 2.36. The predicted octanol–water partition coefficient (Wildman–Crippen LogP) is 4.24. The number of carbonyl (C=O) groups excluding carboxylic acids is 1. The van der Waals surface area contributed by atoms with Crippen molar-refractivity contribution in [2.24, 2.45) is 0 Å². The maximum Gasteiger partial charge on any atom is 0.456 e. The van der Waals surface area contributed by atoms with Gasteiger partial charge in [-0.25, -0.2) is 9.10 Å². The van der Waals surface area contributed by atoms with E-state index in [2.05, 4.69) is 5.32 Å². The number of alkyl halides is 3. The van der Waals surface area contributed by atoms with Gasteiger partial charge in [-0.15, -0.1) is 0 Å². The Bertz CT molecular complexity index is 600. The molecule has 0 aromatic heterocycles. The van der Waals surface area contributed by atoms with Crippen molar-refractivity contribution in [3.63, 3.8) is 0 Å². The minimum absolute atomic E-state index is 0.0847. The average Bonchev–Trinajstić information content (AvgIpc) is 2.41. The molecule has 1 aromatic rings. The van der Waals surface area contributed by atoms with E-state index in [1.807, 2.05) is 18.2 Å². The van der Waals surface area contributed by atoms with Crippen LogP contribution in [0.4, 0.5) is 18.0 Å². The monoisotopic (exact) mass is 362 g/mol. The summed E-state index contributed by atoms with van der Waals surface area (Å²) in [6, 6.07) is 5.63. The highest BCUT2D eigenvalue weighted by Gasteiger charge is 2.33. The third kappa shape index (κ3) is 6.24. The number of rotatable bonds is 3. The Kier molecular flexibility index (Phi) is 5.70. The number of hydrogen-bond acceptors (Lipinski definition) is 4. The number of benzene rings is 1. The van der Waals surface area contributed by atoms with Gasteiger partial charge in [0.05, 0.1) is 0 Å². The molecule has 0 aliphatic carbocycles. The molecule has 0 saturated heterocycles. The van der Waals surface area contributed by atoms with E-state index in [4.69, 9.17) is 4.74 Å². The van der Waals surface area contributed by atoms with Crippen LogP contribution in [0.1, 0.15) is 37.5 Å². The number of fused-ring (bicyclic) bond motifs is 1. The molecule has 0 bridgehead atoms. The molecule has 1 aliphatic heterocycles. The number of halogens is 3. The van der Waals surface area contributed by atoms with Gasteiger partial charge in [0.15, 0.2) is 0 Å². The third-order valence-corrected chi connectivity index (χ3v) is 4.09. The first kappa shape index (κ1) is 18.9. The second-order valence-electron chi connectivity index (χ2n) is 6.61. The largest absolute Gasteiger partial charge is 0.456 e. The zero-order chi connectivity index (χ0) is 18.0. The molecule has 4 nitrogen and oxygen atoms in total. The van der Waals surface area contributed by atoms with Crippen molar-refractivity contribution in [2.75, 3.05) is 6.54 Å². The molecule has 0 atom stereocenters. The highest BCUT2D eigenvalue weighted by molar-refractivity contribution is 7.97. The van der Waals surface area contributed by atoms with Crippen molar-refractivity contribution < 1.29 is 22.7 Å². The molecule has 1 heterocycles. The van der Waals surface area contributed by atoms with Crippen LogP contribution in [-0.4, -0.2) is 28.1 Å². The van der Waals surface area contributed by atoms with Crippen molar-refractivity contribution in [1.82, 2.24) is 9.62 Å². The van der Waals surface area contributed by atoms with Crippen molar-refractivity contribution in [3.05, 3.63) is 34.9 Å². The highest BCUT2D eigenvalue weighted by atomic mass is 32.2. The first-order valence-electron chi connectivity index (χ1n) is 7.60. The molecule has 0 saturated carbocycles. The zero-order valence-corrected chi connectivity index (χ0v) is 14.7. The minimum atomic E-state index is -4.27. The Morgan fingerprint density at radius 3 is 2.62 bits per heavy atom. The lowest BCUT2D eigenvalue weighted by molar-refractivity contribution is -0.0365. The smallest absolute Gasteiger partial charge is 0.444 e. The Balaban J connectivity index is 1.96. The van der Waals surface area contributed by atoms with Crippen LogP contribution in [0.25, 0.3) is 0 Å². The van der Waals surface area contributed by atoms with Gasteiger partial charge >= 0.3 is 11.6 Å². The molecule has 8 heteroatoms. The van der Waals surface area contributed by atoms with E-state index in [1.165, 1.54) is 4.31 Å². The van der Waals surface area contributed by atoms with Crippen LogP contribution in [0.3, 0.4) is 0 Å². The quantitative estimate of drug-likeness (QED) is 0.817. The van der Waals surface area contributed by atoms with E-state index >= 15 is 0 Å². The first-order valence-corrected chi connectivity index (χ1v) is 8.37. The SMILES string of the molecule is CC(C)(C)OC(=O)NCc1ccc2c(c1)CN(SC(F)(F)F)CC2. The van der Waals surface area contributed by atoms with Gasteiger partial charge < -0.3 is 10.1 Å². The molecule has 0 fully saturated rings. The number of hydrogen-bond donors (Lipinski definition) is 1. The third-order valence-electron chi connectivity index (χ3n) is 3.32. The molecule has 1 amide bonds. The Morgan fingerprint density at radius 2 is 2.00 bits per heavy atom. The van der Waals surface area contributed by atoms with Crippen LogP contribution in [0, 0.1) is 0 Å². The normalized spacial score (nSPS) is 15.8. The van der Waals surface area contributed by atoms with Crippen LogP contribution < -0.4 is 5.32 Å². The molecule has 1 N–H and O–H groups in total. The van der Waals surface area contributed by atoms with Crippen LogP contribution in [0.15, 0.2) is 18.2 Å². The molecule has 0 spiro atoms. The second-order valence-corrected chi connectivity index (χ2v) is 7.77. The van der Waals surface area contributed by atoms with Gasteiger partial charge in [0.25, 0.3) is 0 Å². The van der Waals surface area contributed by atoms with Gasteiger partial charge in [-0.1, -0.05) is 18.2 Å². The minimum Gasteiger partial charge on any atom is -0.444 e. The van der Waals surface area contributed by atoms with E-state index in [0.29, 0.717) is 13.0 Å². The molecule has 0 unspecified atom stereocenters. The Labute approximate surface area is 143 Å². The van der Waals surface area contributed by atoms with Crippen molar-refractivity contribution in [2.45, 2.75) is 51.4 Å². The summed E-state index contributed by atoms with van der Waals surface area (Å²) in [5.74, 6) is 0. The predicted molar refractivity (Wildman–Crippen MR) is 87.3 cm³/mol. The van der Waals surface area contributed by atoms with Gasteiger partial charge in [-0.2, -0.15) is 13.2 Å². The van der Waals surface area contributed by atoms with Crippen molar-refractivity contribution in [1.29, 1.82) is 0 Å². The second kappa shape index (κ2) is 7.23. The van der Waals surface area contributed by atoms with Crippen molar-refractivity contribution in [3.8, 4) is 0 Å². The van der Waals surface area contributed by atoms with Crippen LogP contribution >= 0.6 is 11.9 Å². The number of alkyl carbamates (subject to hydrolysis) is 1. The van der Waals surface area contributed by atoms with Gasteiger partial charge in [-0.05, 0) is 43.9 Å². The summed E-state index contributed by atoms with van der Waals surface area (Å²) in [6.07, 6.45) is 0.0625. The molecule has 134 valence electrons. The van der Waals surface area contributed by atoms with Gasteiger partial charge in [0, 0.05) is 31.6 Å². The maximum atomic E-state index is 12.5. The first-order chi connectivity index (χ1) is 11.0. The summed E-state index contributed by atoms with van der Waals surface area (Å²) in [5, 5.41) is 2.65. The number of nitrogens with one attached hydrogen (secondary N) is 1. The summed E-state index contributed by atoms with van der Waals surface area (Å²) < 4.78 is 44.0. The van der Waals surface area contributed by atoms with Gasteiger partial charge in [-0.3, -0.25) is 0 Å².